The molecule has 1 heterocycles. The summed E-state index contributed by atoms with van der Waals surface area (Å²) < 4.78 is 5.32. The summed E-state index contributed by atoms with van der Waals surface area (Å²) in [6.07, 6.45) is 0.497. The predicted octanol–water partition coefficient (Wildman–Crippen LogP) is 3.35. The van der Waals surface area contributed by atoms with Gasteiger partial charge in [-0.1, -0.05) is 29.8 Å². The molecule has 15 heavy (non-hydrogen) atoms. The van der Waals surface area contributed by atoms with E-state index in [1.165, 1.54) is 0 Å². The monoisotopic (exact) mass is 224 g/mol. The van der Waals surface area contributed by atoms with Gasteiger partial charge in [0.15, 0.2) is 0 Å². The molecule has 0 amide bonds. The largest absolute Gasteiger partial charge is 0.457 e. The van der Waals surface area contributed by atoms with Gasteiger partial charge >= 0.3 is 5.97 Å². The second-order valence-electron chi connectivity index (χ2n) is 4.50. The zero-order valence-electron chi connectivity index (χ0n) is 8.79. The van der Waals surface area contributed by atoms with Gasteiger partial charge in [0.2, 0.25) is 0 Å². The summed E-state index contributed by atoms with van der Waals surface area (Å²) in [6, 6.07) is 7.49. The lowest BCUT2D eigenvalue weighted by molar-refractivity contribution is -0.147. The molecular weight excluding hydrogens is 212 g/mol. The van der Waals surface area contributed by atoms with E-state index in [1.807, 2.05) is 38.1 Å². The average molecular weight is 225 g/mol. The molecule has 3 heteroatoms. The third-order valence-corrected chi connectivity index (χ3v) is 3.09. The quantitative estimate of drug-likeness (QED) is 0.684. The van der Waals surface area contributed by atoms with E-state index in [0.29, 0.717) is 11.4 Å². The molecule has 1 saturated heterocycles. The van der Waals surface area contributed by atoms with Crippen LogP contribution in [0.25, 0.3) is 0 Å². The summed E-state index contributed by atoms with van der Waals surface area (Å²) in [5.41, 5.74) is 0.502. The van der Waals surface area contributed by atoms with Crippen LogP contribution in [0, 0.1) is 5.41 Å². The first kappa shape index (κ1) is 10.5. The fourth-order valence-corrected chi connectivity index (χ4v) is 2.04. The van der Waals surface area contributed by atoms with Crippen LogP contribution in [0.1, 0.15) is 31.9 Å². The summed E-state index contributed by atoms with van der Waals surface area (Å²) in [5.74, 6) is -0.146. The number of carbonyl (C=O) groups is 1. The van der Waals surface area contributed by atoms with Crippen molar-refractivity contribution in [2.24, 2.45) is 5.41 Å². The van der Waals surface area contributed by atoms with Crippen LogP contribution in [0.4, 0.5) is 0 Å². The first-order chi connectivity index (χ1) is 7.00. The van der Waals surface area contributed by atoms with E-state index < -0.39 is 5.41 Å². The van der Waals surface area contributed by atoms with Crippen LogP contribution in [-0.4, -0.2) is 5.97 Å². The number of esters is 1. The minimum Gasteiger partial charge on any atom is -0.457 e. The molecule has 1 aliphatic heterocycles. The van der Waals surface area contributed by atoms with Crippen molar-refractivity contribution in [3.8, 4) is 0 Å². The molecule has 0 unspecified atom stereocenters. The standard InChI is InChI=1S/C12H13ClO2/c1-12(2)7-10(15-11(12)14)8-5-3-4-6-9(8)13/h3-6,10H,7H2,1-2H3/t10-/m0/s1. The van der Waals surface area contributed by atoms with Crippen LogP contribution in [-0.2, 0) is 9.53 Å². The maximum atomic E-state index is 11.5. The average Bonchev–Trinajstić information content (AvgIpc) is 2.42. The van der Waals surface area contributed by atoms with Crippen LogP contribution in [0.2, 0.25) is 5.02 Å². The van der Waals surface area contributed by atoms with E-state index in [2.05, 4.69) is 0 Å². The minimum absolute atomic E-state index is 0.146. The molecule has 2 nitrogen and oxygen atoms in total. The van der Waals surface area contributed by atoms with Crippen molar-refractivity contribution in [2.75, 3.05) is 0 Å². The Kier molecular flexibility index (Phi) is 2.47. The molecule has 1 fully saturated rings. The Labute approximate surface area is 94.2 Å². The molecule has 0 radical (unpaired) electrons. The van der Waals surface area contributed by atoms with Gasteiger partial charge in [-0.25, -0.2) is 0 Å². The van der Waals surface area contributed by atoms with E-state index in [-0.39, 0.29) is 12.1 Å². The smallest absolute Gasteiger partial charge is 0.312 e. The second-order valence-corrected chi connectivity index (χ2v) is 4.91. The molecule has 80 valence electrons. The lowest BCUT2D eigenvalue weighted by Gasteiger charge is -2.11. The highest BCUT2D eigenvalue weighted by atomic mass is 35.5. The highest BCUT2D eigenvalue weighted by Crippen LogP contribution is 2.42. The minimum atomic E-state index is -0.399. The number of carbonyl (C=O) groups excluding carboxylic acids is 1. The molecule has 1 aromatic carbocycles. The molecule has 0 spiro atoms. The number of hydrogen-bond acceptors (Lipinski definition) is 2. The van der Waals surface area contributed by atoms with Gasteiger partial charge in [-0.05, 0) is 19.9 Å². The van der Waals surface area contributed by atoms with E-state index >= 15 is 0 Å². The van der Waals surface area contributed by atoms with Crippen molar-refractivity contribution in [1.82, 2.24) is 0 Å². The topological polar surface area (TPSA) is 26.3 Å². The molecule has 0 bridgehead atoms. The molecule has 1 aliphatic rings. The van der Waals surface area contributed by atoms with Gasteiger partial charge < -0.3 is 4.74 Å². The van der Waals surface area contributed by atoms with Gasteiger partial charge in [-0.3, -0.25) is 4.79 Å². The third kappa shape index (κ3) is 1.86. The van der Waals surface area contributed by atoms with E-state index in [1.54, 1.807) is 0 Å². The van der Waals surface area contributed by atoms with Gasteiger partial charge in [0.05, 0.1) is 5.41 Å². The lowest BCUT2D eigenvalue weighted by Crippen LogP contribution is -2.16. The first-order valence-electron chi connectivity index (χ1n) is 4.96. The van der Waals surface area contributed by atoms with Gasteiger partial charge in [0, 0.05) is 17.0 Å². The molecule has 1 aromatic rings. The Morgan fingerprint density at radius 2 is 2.07 bits per heavy atom. The Morgan fingerprint density at radius 1 is 1.40 bits per heavy atom. The highest BCUT2D eigenvalue weighted by molar-refractivity contribution is 6.31. The normalized spacial score (nSPS) is 23.9. The van der Waals surface area contributed by atoms with Crippen LogP contribution in [0.3, 0.4) is 0 Å². The van der Waals surface area contributed by atoms with Gasteiger partial charge in [-0.15, -0.1) is 0 Å². The number of benzene rings is 1. The number of hydrogen-bond donors (Lipinski definition) is 0. The Bertz CT molecular complexity index is 398. The fourth-order valence-electron chi connectivity index (χ4n) is 1.79. The fraction of sp³-hybridized carbons (Fsp3) is 0.417. The molecule has 1 atom stereocenters. The summed E-state index contributed by atoms with van der Waals surface area (Å²) in [4.78, 5) is 11.5. The Morgan fingerprint density at radius 3 is 2.60 bits per heavy atom. The van der Waals surface area contributed by atoms with Crippen molar-refractivity contribution in [2.45, 2.75) is 26.4 Å². The maximum absolute atomic E-state index is 11.5. The predicted molar refractivity (Wildman–Crippen MR) is 58.7 cm³/mol. The van der Waals surface area contributed by atoms with Gasteiger partial charge in [0.25, 0.3) is 0 Å². The Hall–Kier alpha value is -1.02. The first-order valence-corrected chi connectivity index (χ1v) is 5.34. The van der Waals surface area contributed by atoms with E-state index in [9.17, 15) is 4.79 Å². The number of cyclic esters (lactones) is 1. The van der Waals surface area contributed by atoms with Crippen molar-refractivity contribution < 1.29 is 9.53 Å². The van der Waals surface area contributed by atoms with Crippen molar-refractivity contribution in [1.29, 1.82) is 0 Å². The van der Waals surface area contributed by atoms with Crippen LogP contribution in [0.15, 0.2) is 24.3 Å². The molecule has 0 aromatic heterocycles. The molecule has 0 saturated carbocycles. The SMILES string of the molecule is CC1(C)C[C@@H](c2ccccc2Cl)OC1=O. The second kappa shape index (κ2) is 3.53. The number of rotatable bonds is 1. The summed E-state index contributed by atoms with van der Waals surface area (Å²) in [6.45, 7) is 3.79. The third-order valence-electron chi connectivity index (χ3n) is 2.75. The summed E-state index contributed by atoms with van der Waals surface area (Å²) >= 11 is 6.05. The zero-order valence-corrected chi connectivity index (χ0v) is 9.54. The summed E-state index contributed by atoms with van der Waals surface area (Å²) in [5, 5.41) is 0.660. The van der Waals surface area contributed by atoms with Gasteiger partial charge in [0.1, 0.15) is 6.10 Å². The van der Waals surface area contributed by atoms with Crippen LogP contribution >= 0.6 is 11.6 Å². The summed E-state index contributed by atoms with van der Waals surface area (Å²) in [7, 11) is 0. The number of ether oxygens (including phenoxy) is 1. The zero-order chi connectivity index (χ0) is 11.1. The van der Waals surface area contributed by atoms with Crippen LogP contribution < -0.4 is 0 Å². The van der Waals surface area contributed by atoms with Crippen molar-refractivity contribution in [3.05, 3.63) is 34.9 Å². The van der Waals surface area contributed by atoms with Crippen molar-refractivity contribution >= 4 is 17.6 Å². The maximum Gasteiger partial charge on any atom is 0.312 e. The molecule has 2 rings (SSSR count). The number of halogens is 1. The Balaban J connectivity index is 2.29. The highest BCUT2D eigenvalue weighted by Gasteiger charge is 2.42. The van der Waals surface area contributed by atoms with E-state index in [4.69, 9.17) is 16.3 Å². The van der Waals surface area contributed by atoms with E-state index in [0.717, 1.165) is 5.56 Å². The molecule has 0 aliphatic carbocycles. The lowest BCUT2D eigenvalue weighted by atomic mass is 9.88. The molecular formula is C12H13ClO2. The van der Waals surface area contributed by atoms with Crippen LogP contribution in [0.5, 0.6) is 0 Å². The van der Waals surface area contributed by atoms with Gasteiger partial charge in [-0.2, -0.15) is 0 Å². The van der Waals surface area contributed by atoms with Crippen molar-refractivity contribution in [3.63, 3.8) is 0 Å². The molecule has 0 N–H and O–H groups in total.